The maximum absolute atomic E-state index is 12.1. The van der Waals surface area contributed by atoms with Gasteiger partial charge in [-0.15, -0.1) is 0 Å². The van der Waals surface area contributed by atoms with Crippen molar-refractivity contribution >= 4 is 135 Å². The highest BCUT2D eigenvalue weighted by Gasteiger charge is 2.40. The standard InChI is InChI=1S/C27H22ClNO2.C26H20ClNO.C22H20O2.C6H4BrCl.C5H12N2/c1-27(2)22-6-4-5-7-23(22)29(20-12-10-19(28)11-13-20)24-15-9-17-16-18(26(30)31-3)8-14-21(17)25(24)27;1-26(2)22-5-3-4-6-23(22)28(20-11-9-19(27)10-12-20)24-14-8-18-15-17(16-29)7-13-21(18)25(24)26;1-22(2)19-7-5-4-6-15(19)13-16-9-8-14-12-17(21(23)24-3)10-11-18(14)20(16)22;7-5-1-3-6(8)4-2-5;1-7-4-2-6-3-5-7/h4-16H,1-3H3;3-16H,1-2H3;4-12H,13H2,1-3H3;1-4H;6H,2-5H2,1H3. The third-order valence-corrected chi connectivity index (χ3v) is 20.8. The zero-order valence-electron chi connectivity index (χ0n) is 57.0. The molecule has 1 N–H and O–H groups in total. The number of nitrogens with one attached hydrogen (secondary N) is 1. The quantitative estimate of drug-likeness (QED) is 0.134. The molecule has 1 fully saturated rings. The lowest BCUT2D eigenvalue weighted by atomic mass is 9.67. The van der Waals surface area contributed by atoms with Gasteiger partial charge in [-0.25, -0.2) is 9.59 Å². The molecule has 0 amide bonds. The molecule has 0 saturated carbocycles. The van der Waals surface area contributed by atoms with Crippen LogP contribution in [-0.2, 0) is 32.1 Å². The Balaban J connectivity index is 0.000000128. The fourth-order valence-electron chi connectivity index (χ4n) is 14.7. The van der Waals surface area contributed by atoms with Gasteiger partial charge in [0.2, 0.25) is 0 Å². The van der Waals surface area contributed by atoms with Crippen molar-refractivity contribution in [2.45, 2.75) is 64.2 Å². The number of piperazine rings is 1. The van der Waals surface area contributed by atoms with Gasteiger partial charge >= 0.3 is 11.9 Å². The van der Waals surface area contributed by atoms with Crippen molar-refractivity contribution in [1.29, 1.82) is 0 Å². The van der Waals surface area contributed by atoms with Crippen molar-refractivity contribution in [2.24, 2.45) is 0 Å². The third kappa shape index (κ3) is 14.1. The summed E-state index contributed by atoms with van der Waals surface area (Å²) < 4.78 is 10.8. The number of ether oxygens (including phenoxy) is 2. The van der Waals surface area contributed by atoms with Gasteiger partial charge in [-0.3, -0.25) is 4.79 Å². The molecule has 3 aliphatic heterocycles. The second-order valence-corrected chi connectivity index (χ2v) is 29.1. The normalized spacial score (nSPS) is 14.8. The molecule has 12 aromatic carbocycles. The number of likely N-dealkylation sites (N-methyl/N-ethyl adjacent to an activating group) is 1. The molecule has 0 aromatic heterocycles. The second kappa shape index (κ2) is 29.4. The van der Waals surface area contributed by atoms with Gasteiger partial charge in [0, 0.05) is 78.9 Å². The number of nitrogens with zero attached hydrogens (tertiary/aromatic N) is 3. The van der Waals surface area contributed by atoms with Crippen LogP contribution in [0, 0.1) is 0 Å². The molecule has 16 rings (SSSR count). The number of methoxy groups -OCH3 is 2. The molecule has 0 atom stereocenters. The van der Waals surface area contributed by atoms with Crippen LogP contribution in [0.3, 0.4) is 0 Å². The smallest absolute Gasteiger partial charge is 0.337 e. The molecule has 0 unspecified atom stereocenters. The first kappa shape index (κ1) is 69.8. The maximum Gasteiger partial charge on any atom is 0.337 e. The summed E-state index contributed by atoms with van der Waals surface area (Å²) in [6, 6.07) is 79.6. The van der Waals surface area contributed by atoms with E-state index in [2.05, 4.69) is 218 Å². The molecule has 500 valence electrons. The van der Waals surface area contributed by atoms with E-state index >= 15 is 0 Å². The summed E-state index contributed by atoms with van der Waals surface area (Å²) in [6.45, 7) is 18.4. The molecule has 12 aromatic rings. The number of carbonyl (C=O) groups excluding carboxylic acids is 3. The number of rotatable bonds is 5. The van der Waals surface area contributed by atoms with Crippen LogP contribution < -0.4 is 15.1 Å². The van der Waals surface area contributed by atoms with Gasteiger partial charge < -0.3 is 29.5 Å². The number of para-hydroxylation sites is 2. The van der Waals surface area contributed by atoms with E-state index < -0.39 is 0 Å². The van der Waals surface area contributed by atoms with Crippen LogP contribution in [0.4, 0.5) is 34.1 Å². The first-order chi connectivity index (χ1) is 47.6. The first-order valence-electron chi connectivity index (χ1n) is 33.1. The van der Waals surface area contributed by atoms with Crippen molar-refractivity contribution in [3.63, 3.8) is 0 Å². The van der Waals surface area contributed by atoms with Gasteiger partial charge in [-0.2, -0.15) is 0 Å². The van der Waals surface area contributed by atoms with Crippen LogP contribution in [0.1, 0.15) is 117 Å². The van der Waals surface area contributed by atoms with E-state index in [1.54, 1.807) is 0 Å². The summed E-state index contributed by atoms with van der Waals surface area (Å²) >= 11 is 21.2. The van der Waals surface area contributed by atoms with E-state index in [1.807, 2.05) is 103 Å². The zero-order valence-corrected chi connectivity index (χ0v) is 60.9. The van der Waals surface area contributed by atoms with Crippen molar-refractivity contribution in [3.8, 4) is 0 Å². The van der Waals surface area contributed by atoms with E-state index in [0.717, 1.165) is 90.3 Å². The number of esters is 2. The summed E-state index contributed by atoms with van der Waals surface area (Å²) in [5.74, 6) is -0.619. The fourth-order valence-corrected chi connectivity index (χ4v) is 15.3. The van der Waals surface area contributed by atoms with Crippen LogP contribution in [0.2, 0.25) is 15.1 Å². The van der Waals surface area contributed by atoms with Crippen LogP contribution in [-0.4, -0.2) is 70.6 Å². The Hall–Kier alpha value is -9.10. The summed E-state index contributed by atoms with van der Waals surface area (Å²) in [5.41, 5.74) is 18.7. The average Bonchev–Trinajstić information content (AvgIpc) is 0.726. The molecule has 3 heterocycles. The monoisotopic (exact) mass is 1430 g/mol. The van der Waals surface area contributed by atoms with Gasteiger partial charge in [0.25, 0.3) is 0 Å². The Labute approximate surface area is 604 Å². The summed E-state index contributed by atoms with van der Waals surface area (Å²) in [7, 11) is 4.98. The highest BCUT2D eigenvalue weighted by Crippen LogP contribution is 2.56. The largest absolute Gasteiger partial charge is 0.465 e. The van der Waals surface area contributed by atoms with Crippen LogP contribution in [0.15, 0.2) is 241 Å². The van der Waals surface area contributed by atoms with E-state index in [1.165, 1.54) is 88.3 Å². The Morgan fingerprint density at radius 2 is 0.848 bits per heavy atom. The highest BCUT2D eigenvalue weighted by atomic mass is 79.9. The number of benzene rings is 12. The highest BCUT2D eigenvalue weighted by molar-refractivity contribution is 9.10. The molecule has 1 aliphatic carbocycles. The molecule has 13 heteroatoms. The summed E-state index contributed by atoms with van der Waals surface area (Å²) in [5, 5.41) is 12.2. The van der Waals surface area contributed by atoms with Gasteiger partial charge in [-0.1, -0.05) is 201 Å². The Kier molecular flexibility index (Phi) is 20.7. The molecule has 0 radical (unpaired) electrons. The Bertz CT molecular complexity index is 4990. The second-order valence-electron chi connectivity index (χ2n) is 26.8. The summed E-state index contributed by atoms with van der Waals surface area (Å²) in [6.07, 6.45) is 1.86. The third-order valence-electron chi connectivity index (χ3n) is 19.5. The Morgan fingerprint density at radius 1 is 0.444 bits per heavy atom. The predicted molar refractivity (Wildman–Crippen MR) is 414 cm³/mol. The number of aldehydes is 1. The van der Waals surface area contributed by atoms with Crippen LogP contribution >= 0.6 is 50.7 Å². The molecule has 99 heavy (non-hydrogen) atoms. The number of hydrogen-bond donors (Lipinski definition) is 1. The van der Waals surface area contributed by atoms with Gasteiger partial charge in [0.05, 0.1) is 48.1 Å². The lowest BCUT2D eigenvalue weighted by Gasteiger charge is -2.42. The van der Waals surface area contributed by atoms with E-state index in [9.17, 15) is 14.4 Å². The van der Waals surface area contributed by atoms with Gasteiger partial charge in [0.1, 0.15) is 6.29 Å². The van der Waals surface area contributed by atoms with Crippen LogP contribution in [0.5, 0.6) is 0 Å². The number of hydrogen-bond acceptors (Lipinski definition) is 9. The number of fused-ring (bicyclic) bond motifs is 12. The van der Waals surface area contributed by atoms with E-state index in [-0.39, 0.29) is 28.2 Å². The molecule has 4 aliphatic rings. The number of carbonyl (C=O) groups is 3. The maximum atomic E-state index is 12.1. The fraction of sp³-hybridized carbons (Fsp3) is 0.198. The van der Waals surface area contributed by atoms with Gasteiger partial charge in [-0.05, 0) is 218 Å². The van der Waals surface area contributed by atoms with Gasteiger partial charge in [0.15, 0.2) is 0 Å². The topological polar surface area (TPSA) is 91.4 Å². The van der Waals surface area contributed by atoms with E-state index in [4.69, 9.17) is 44.3 Å². The molecular formula is C86H78BrCl3N4O5. The lowest BCUT2D eigenvalue weighted by molar-refractivity contribution is 0.0592. The zero-order chi connectivity index (χ0) is 69.9. The number of halogens is 4. The van der Waals surface area contributed by atoms with Crippen molar-refractivity contribution in [2.75, 3.05) is 57.2 Å². The van der Waals surface area contributed by atoms with E-state index in [0.29, 0.717) is 21.7 Å². The SMILES string of the molecule is CC1(C)c2ccccc2N(c2ccc(Cl)cc2)c2ccc3cc(C=O)ccc3c21.CN1CCNCC1.COC(=O)c1ccc2c3c(ccc2c1)Cc1ccccc1C3(C)C.COC(=O)c1ccc2c3c(ccc2c1)N(c1ccc(Cl)cc1)c1ccccc1C3(C)C.Clc1ccc(Br)cc1. The first-order valence-corrected chi connectivity index (χ1v) is 35.1. The molecule has 9 nitrogen and oxygen atoms in total. The molecular weight excluding hydrogens is 1360 g/mol. The molecule has 1 saturated heterocycles. The van der Waals surface area contributed by atoms with Crippen molar-refractivity contribution < 1.29 is 23.9 Å². The minimum atomic E-state index is -0.327. The molecule has 0 bridgehead atoms. The summed E-state index contributed by atoms with van der Waals surface area (Å²) in [4.78, 5) is 42.1. The molecule has 0 spiro atoms. The van der Waals surface area contributed by atoms with Crippen molar-refractivity contribution in [3.05, 3.63) is 317 Å². The minimum Gasteiger partial charge on any atom is -0.465 e. The van der Waals surface area contributed by atoms with Crippen molar-refractivity contribution in [1.82, 2.24) is 10.2 Å². The Morgan fingerprint density at radius 3 is 1.29 bits per heavy atom. The average molecular weight is 1430 g/mol. The van der Waals surface area contributed by atoms with Crippen LogP contribution in [0.25, 0.3) is 32.3 Å². The predicted octanol–water partition coefficient (Wildman–Crippen LogP) is 22.3. The minimum absolute atomic E-state index is 0.0591. The lowest BCUT2D eigenvalue weighted by Crippen LogP contribution is -2.40. The number of anilines is 6.